The van der Waals surface area contributed by atoms with Gasteiger partial charge in [0.15, 0.2) is 6.04 Å². The minimum atomic E-state index is -1.44. The number of hydroxylamine groups is 2. The third kappa shape index (κ3) is 8.20. The van der Waals surface area contributed by atoms with Crippen molar-refractivity contribution < 1.29 is 48.1 Å². The van der Waals surface area contributed by atoms with Crippen molar-refractivity contribution in [2.75, 3.05) is 6.61 Å². The summed E-state index contributed by atoms with van der Waals surface area (Å²) >= 11 is 2.23. The molecule has 2 bridgehead atoms. The maximum Gasteiger partial charge on any atom is 0.327 e. The van der Waals surface area contributed by atoms with Crippen LogP contribution in [0.25, 0.3) is 0 Å². The number of benzene rings is 4. The number of amides is 2. The SMILES string of the molecule is CC(C)(C)OC(=O)CCC(CO)NC(=O)c1cccc(CNC(=O)C23CC4OC(=O)C2N(Cc2cccc(I)c2)OC3C2OC(c3ccccc3)(c3ccccc3)OC42)c1. The Morgan fingerprint density at radius 3 is 2.23 bits per heavy atom. The molecule has 7 atom stereocenters. The van der Waals surface area contributed by atoms with Crippen LogP contribution in [0.1, 0.15) is 72.6 Å². The summed E-state index contributed by atoms with van der Waals surface area (Å²) in [5.41, 5.74) is 1.22. The van der Waals surface area contributed by atoms with Crippen LogP contribution >= 0.6 is 22.6 Å². The average molecular weight is 930 g/mol. The van der Waals surface area contributed by atoms with E-state index in [9.17, 15) is 19.5 Å². The fourth-order valence-corrected chi connectivity index (χ4v) is 9.44. The fourth-order valence-electron chi connectivity index (χ4n) is 8.84. The molecule has 4 fully saturated rings. The van der Waals surface area contributed by atoms with Crippen molar-refractivity contribution in [3.05, 3.63) is 141 Å². The smallest absolute Gasteiger partial charge is 0.327 e. The zero-order valence-corrected chi connectivity index (χ0v) is 35.7. The Morgan fingerprint density at radius 2 is 1.57 bits per heavy atom. The summed E-state index contributed by atoms with van der Waals surface area (Å²) in [6.07, 6.45) is -3.01. The van der Waals surface area contributed by atoms with E-state index >= 15 is 4.79 Å². The highest BCUT2D eigenvalue weighted by atomic mass is 127. The number of hydrogen-bond donors (Lipinski definition) is 3. The lowest BCUT2D eigenvalue weighted by Gasteiger charge is -2.48. The quantitative estimate of drug-likeness (QED) is 0.118. The van der Waals surface area contributed by atoms with Crippen LogP contribution in [0.5, 0.6) is 0 Å². The molecular weight excluding hydrogens is 881 g/mol. The van der Waals surface area contributed by atoms with Crippen molar-refractivity contribution >= 4 is 46.3 Å². The van der Waals surface area contributed by atoms with Crippen LogP contribution in [0, 0.1) is 8.99 Å². The van der Waals surface area contributed by atoms with Crippen molar-refractivity contribution in [2.24, 2.45) is 5.41 Å². The van der Waals surface area contributed by atoms with Crippen molar-refractivity contribution in [1.29, 1.82) is 0 Å². The summed E-state index contributed by atoms with van der Waals surface area (Å²) < 4.78 is 26.6. The highest BCUT2D eigenvalue weighted by Crippen LogP contribution is 2.59. The molecule has 60 heavy (non-hydrogen) atoms. The average Bonchev–Trinajstić information content (AvgIpc) is 3.81. The zero-order chi connectivity index (χ0) is 42.2. The van der Waals surface area contributed by atoms with Crippen LogP contribution in [-0.2, 0) is 57.0 Å². The van der Waals surface area contributed by atoms with Crippen molar-refractivity contribution in [3.8, 4) is 0 Å². The molecular formula is C46H48IN3O10. The third-order valence-corrected chi connectivity index (χ3v) is 12.1. The van der Waals surface area contributed by atoms with Gasteiger partial charge in [-0.2, -0.15) is 5.06 Å². The van der Waals surface area contributed by atoms with E-state index in [2.05, 4.69) is 33.2 Å². The minimum Gasteiger partial charge on any atom is -0.460 e. The number of nitrogens with one attached hydrogen (secondary N) is 2. The molecule has 0 radical (unpaired) electrons. The number of aliphatic hydroxyl groups excluding tert-OH is 1. The lowest BCUT2D eigenvalue weighted by molar-refractivity contribution is -0.213. The number of carbonyl (C=O) groups excluding carboxylic acids is 4. The van der Waals surface area contributed by atoms with Gasteiger partial charge in [0.1, 0.15) is 35.4 Å². The largest absolute Gasteiger partial charge is 0.460 e. The van der Waals surface area contributed by atoms with Gasteiger partial charge in [-0.05, 0) is 85.2 Å². The molecule has 14 heteroatoms. The first-order valence-electron chi connectivity index (χ1n) is 20.2. The van der Waals surface area contributed by atoms with Crippen LogP contribution in [0.2, 0.25) is 0 Å². The molecule has 314 valence electrons. The number of fused-ring (bicyclic) bond motifs is 4. The summed E-state index contributed by atoms with van der Waals surface area (Å²) in [6, 6.07) is 32.0. The normalized spacial score (nSPS) is 25.8. The molecule has 1 aliphatic carbocycles. The highest BCUT2D eigenvalue weighted by Gasteiger charge is 2.76. The Labute approximate surface area is 362 Å². The molecule has 4 aliphatic rings. The molecule has 0 spiro atoms. The van der Waals surface area contributed by atoms with Gasteiger partial charge in [-0.15, -0.1) is 0 Å². The van der Waals surface area contributed by atoms with E-state index in [-0.39, 0.29) is 39.0 Å². The Balaban J connectivity index is 1.06. The predicted octanol–water partition coefficient (Wildman–Crippen LogP) is 5.31. The first-order chi connectivity index (χ1) is 28.8. The predicted molar refractivity (Wildman–Crippen MR) is 225 cm³/mol. The van der Waals surface area contributed by atoms with Gasteiger partial charge in [-0.1, -0.05) is 84.9 Å². The Hall–Kier alpha value is -4.71. The number of ether oxygens (including phenoxy) is 4. The Kier molecular flexibility index (Phi) is 11.9. The standard InChI is InChI=1S/C46H48IN3O10/c1-44(2,3)57-36(52)21-20-34(27-51)49-41(53)30-14-10-12-28(22-30)25-48-43(55)45-24-35-37-38(59-46(58-37,31-15-6-4-7-16-31)32-17-8-5-9-18-32)40(45)60-50(39(45)42(54)56-35)26-29-13-11-19-33(47)23-29/h4-19,22-23,34-35,37-40,51H,20-21,24-27H2,1-3H3,(H,48,55)(H,49,53). The number of carbonyl (C=O) groups is 4. The number of halogens is 1. The lowest BCUT2D eigenvalue weighted by Crippen LogP contribution is -2.69. The van der Waals surface area contributed by atoms with Gasteiger partial charge < -0.3 is 34.7 Å². The van der Waals surface area contributed by atoms with Crippen LogP contribution in [-0.4, -0.2) is 82.6 Å². The van der Waals surface area contributed by atoms with E-state index in [4.69, 9.17) is 23.8 Å². The summed E-state index contributed by atoms with van der Waals surface area (Å²) in [5, 5.41) is 17.4. The van der Waals surface area contributed by atoms with Crippen LogP contribution in [0.15, 0.2) is 109 Å². The van der Waals surface area contributed by atoms with Gasteiger partial charge in [0.25, 0.3) is 5.91 Å². The third-order valence-electron chi connectivity index (χ3n) is 11.4. The van der Waals surface area contributed by atoms with Crippen LogP contribution < -0.4 is 10.6 Å². The van der Waals surface area contributed by atoms with Crippen LogP contribution in [0.4, 0.5) is 0 Å². The maximum absolute atomic E-state index is 15.0. The van der Waals surface area contributed by atoms with Crippen molar-refractivity contribution in [2.45, 2.75) is 101 Å². The number of aliphatic hydroxyl groups is 1. The highest BCUT2D eigenvalue weighted by molar-refractivity contribution is 14.1. The number of esters is 2. The second-order valence-electron chi connectivity index (χ2n) is 16.7. The van der Waals surface area contributed by atoms with E-state index in [0.717, 1.165) is 20.3 Å². The van der Waals surface area contributed by atoms with E-state index in [0.29, 0.717) is 11.1 Å². The molecule has 4 aromatic rings. The van der Waals surface area contributed by atoms with Gasteiger partial charge in [-0.3, -0.25) is 24.0 Å². The van der Waals surface area contributed by atoms with E-state index in [1.807, 2.05) is 84.9 Å². The monoisotopic (exact) mass is 929 g/mol. The summed E-state index contributed by atoms with van der Waals surface area (Å²) in [5.74, 6) is -3.25. The van der Waals surface area contributed by atoms with E-state index < -0.39 is 77.1 Å². The molecule has 2 amide bonds. The van der Waals surface area contributed by atoms with Gasteiger partial charge in [0, 0.05) is 39.6 Å². The first-order valence-corrected chi connectivity index (χ1v) is 21.2. The molecule has 3 heterocycles. The molecule has 8 rings (SSSR count). The first kappa shape index (κ1) is 42.0. The zero-order valence-electron chi connectivity index (χ0n) is 33.5. The van der Waals surface area contributed by atoms with Gasteiger partial charge in [0.2, 0.25) is 11.7 Å². The molecule has 13 nitrogen and oxygen atoms in total. The summed E-state index contributed by atoms with van der Waals surface area (Å²) in [7, 11) is 0. The molecule has 1 saturated carbocycles. The topological polar surface area (TPSA) is 162 Å². The van der Waals surface area contributed by atoms with Crippen molar-refractivity contribution in [3.63, 3.8) is 0 Å². The van der Waals surface area contributed by atoms with E-state index in [1.165, 1.54) is 0 Å². The molecule has 3 saturated heterocycles. The molecule has 3 N–H and O–H groups in total. The number of nitrogens with zero attached hydrogens (tertiary/aromatic N) is 1. The Bertz CT molecular complexity index is 2200. The molecule has 4 aromatic carbocycles. The second kappa shape index (κ2) is 17.0. The van der Waals surface area contributed by atoms with E-state index in [1.54, 1.807) is 50.1 Å². The molecule has 0 aromatic heterocycles. The fraction of sp³-hybridized carbons (Fsp3) is 0.391. The second-order valence-corrected chi connectivity index (χ2v) is 18.0. The minimum absolute atomic E-state index is 0.0248. The molecule has 3 aliphatic heterocycles. The summed E-state index contributed by atoms with van der Waals surface area (Å²) in [6.45, 7) is 5.19. The van der Waals surface area contributed by atoms with Crippen molar-refractivity contribution in [1.82, 2.24) is 15.7 Å². The number of rotatable bonds is 13. The van der Waals surface area contributed by atoms with Gasteiger partial charge >= 0.3 is 11.9 Å². The maximum atomic E-state index is 15.0. The van der Waals surface area contributed by atoms with Crippen LogP contribution in [0.3, 0.4) is 0 Å². The summed E-state index contributed by atoms with van der Waals surface area (Å²) in [4.78, 5) is 61.7. The Morgan fingerprint density at radius 1 is 0.900 bits per heavy atom. The molecule has 7 unspecified atom stereocenters. The van der Waals surface area contributed by atoms with Gasteiger partial charge in [0.05, 0.1) is 19.2 Å². The lowest BCUT2D eigenvalue weighted by atomic mass is 9.62. The van der Waals surface area contributed by atoms with Gasteiger partial charge in [-0.25, -0.2) is 0 Å². The number of hydrogen-bond acceptors (Lipinski definition) is 11.